The van der Waals surface area contributed by atoms with E-state index in [0.29, 0.717) is 17.5 Å². The van der Waals surface area contributed by atoms with Crippen LogP contribution in [0.2, 0.25) is 0 Å². The van der Waals surface area contributed by atoms with E-state index in [4.69, 9.17) is 15.0 Å². The van der Waals surface area contributed by atoms with Gasteiger partial charge < -0.3 is 13.7 Å². The van der Waals surface area contributed by atoms with Crippen molar-refractivity contribution in [3.8, 4) is 73.5 Å². The number of fused-ring (bicyclic) bond motifs is 11. The molecule has 0 spiro atoms. The molecule has 9 aromatic carbocycles. The summed E-state index contributed by atoms with van der Waals surface area (Å²) in [6.07, 6.45) is 7.11. The van der Waals surface area contributed by atoms with Crippen molar-refractivity contribution in [3.05, 3.63) is 255 Å². The fraction of sp³-hybridized carbons (Fsp3) is 0. The molecular weight excluding hydrogens is 917 g/mol. The van der Waals surface area contributed by atoms with Gasteiger partial charge in [-0.1, -0.05) is 146 Å². The van der Waals surface area contributed by atoms with Crippen molar-refractivity contribution < 1.29 is 0 Å². The average molecular weight is 959 g/mol. The van der Waals surface area contributed by atoms with Crippen LogP contribution in [0.4, 0.5) is 0 Å². The number of hydrogen-bond donors (Lipinski definition) is 0. The minimum atomic E-state index is 0.528. The first-order valence-corrected chi connectivity index (χ1v) is 25.1. The third-order valence-electron chi connectivity index (χ3n) is 14.6. The van der Waals surface area contributed by atoms with Gasteiger partial charge in [-0.25, -0.2) is 15.0 Å². The van der Waals surface area contributed by atoms with Gasteiger partial charge in [-0.2, -0.15) is 0 Å². The summed E-state index contributed by atoms with van der Waals surface area (Å²) in [6.45, 7) is 0. The predicted molar refractivity (Wildman–Crippen MR) is 306 cm³/mol. The lowest BCUT2D eigenvalue weighted by molar-refractivity contribution is 1.07. The van der Waals surface area contributed by atoms with Gasteiger partial charge in [0.05, 0.1) is 38.8 Å². The lowest BCUT2D eigenvalue weighted by Crippen LogP contribution is -2.04. The highest BCUT2D eigenvalue weighted by Crippen LogP contribution is 2.49. The standard InChI is InChI=1S/C67H42N8/c1-5-19-43(20-6-1)54-39-47(67-71-65(45-23-17-37-68-41-45)70-66(72-67)46-24-18-38-69-42-46)40-55(44-21-7-2-8-22-44)62(54)75-57-32-16-14-30-53(57)61-59(75)36-34-51-50-33-35-58-60(63(50)74(64(51)61)49-27-11-4-12-28-49)52-29-13-15-31-56(52)73(58)48-25-9-3-10-26-48/h1-42H. The Hall–Kier alpha value is -10.3. The van der Waals surface area contributed by atoms with Crippen LogP contribution in [0.5, 0.6) is 0 Å². The van der Waals surface area contributed by atoms with Crippen LogP contribution in [0, 0.1) is 0 Å². The Morgan fingerprint density at radius 3 is 1.16 bits per heavy atom. The molecule has 0 saturated heterocycles. The number of pyridine rings is 2. The molecular formula is C67H42N8. The van der Waals surface area contributed by atoms with Gasteiger partial charge in [-0.15, -0.1) is 0 Å². The van der Waals surface area contributed by atoms with E-state index in [0.717, 1.165) is 83.5 Å². The van der Waals surface area contributed by atoms with E-state index in [-0.39, 0.29) is 0 Å². The van der Waals surface area contributed by atoms with Gasteiger partial charge in [0.15, 0.2) is 17.5 Å². The molecule has 75 heavy (non-hydrogen) atoms. The molecule has 0 bridgehead atoms. The highest BCUT2D eigenvalue weighted by molar-refractivity contribution is 6.31. The monoisotopic (exact) mass is 958 g/mol. The maximum absolute atomic E-state index is 5.22. The van der Waals surface area contributed by atoms with Crippen molar-refractivity contribution in [2.45, 2.75) is 0 Å². The number of benzene rings is 9. The van der Waals surface area contributed by atoms with E-state index in [1.807, 2.05) is 24.3 Å². The first-order chi connectivity index (χ1) is 37.2. The molecule has 0 aliphatic rings. The van der Waals surface area contributed by atoms with E-state index in [1.165, 1.54) is 38.0 Å². The highest BCUT2D eigenvalue weighted by Gasteiger charge is 2.27. The summed E-state index contributed by atoms with van der Waals surface area (Å²) in [4.78, 5) is 24.3. The highest BCUT2D eigenvalue weighted by atomic mass is 15.1. The fourth-order valence-electron chi connectivity index (χ4n) is 11.5. The first-order valence-electron chi connectivity index (χ1n) is 25.1. The average Bonchev–Trinajstić information content (AvgIpc) is 4.16. The minimum absolute atomic E-state index is 0.528. The Morgan fingerprint density at radius 2 is 0.680 bits per heavy atom. The van der Waals surface area contributed by atoms with Crippen molar-refractivity contribution in [2.24, 2.45) is 0 Å². The molecule has 0 atom stereocenters. The maximum Gasteiger partial charge on any atom is 0.165 e. The second-order valence-corrected chi connectivity index (χ2v) is 18.9. The summed E-state index contributed by atoms with van der Waals surface area (Å²) in [5.74, 6) is 1.60. The number of para-hydroxylation sites is 4. The third kappa shape index (κ3) is 6.74. The summed E-state index contributed by atoms with van der Waals surface area (Å²) in [7, 11) is 0. The maximum atomic E-state index is 5.22. The molecule has 0 fully saturated rings. The number of aromatic nitrogens is 8. The van der Waals surface area contributed by atoms with Gasteiger partial charge in [0.25, 0.3) is 0 Å². The van der Waals surface area contributed by atoms with Crippen LogP contribution >= 0.6 is 0 Å². The molecule has 0 amide bonds. The number of hydrogen-bond acceptors (Lipinski definition) is 5. The summed E-state index contributed by atoms with van der Waals surface area (Å²) in [5, 5.41) is 7.14. The summed E-state index contributed by atoms with van der Waals surface area (Å²) < 4.78 is 7.44. The Kier molecular flexibility index (Phi) is 9.71. The van der Waals surface area contributed by atoms with Gasteiger partial charge in [0.1, 0.15) is 0 Å². The zero-order chi connectivity index (χ0) is 49.4. The smallest absolute Gasteiger partial charge is 0.165 e. The topological polar surface area (TPSA) is 79.2 Å². The zero-order valence-corrected chi connectivity index (χ0v) is 40.3. The molecule has 15 rings (SSSR count). The number of rotatable bonds is 8. The van der Waals surface area contributed by atoms with Crippen LogP contribution in [0.15, 0.2) is 255 Å². The zero-order valence-electron chi connectivity index (χ0n) is 40.3. The van der Waals surface area contributed by atoms with Crippen LogP contribution in [0.1, 0.15) is 0 Å². The van der Waals surface area contributed by atoms with Crippen LogP contribution in [-0.2, 0) is 0 Å². The Balaban J connectivity index is 1.08. The molecule has 0 N–H and O–H groups in total. The third-order valence-corrected chi connectivity index (χ3v) is 14.6. The van der Waals surface area contributed by atoms with Crippen LogP contribution in [-0.4, -0.2) is 38.6 Å². The molecule has 0 aliphatic heterocycles. The van der Waals surface area contributed by atoms with Gasteiger partial charge in [0, 0.05) is 96.3 Å². The van der Waals surface area contributed by atoms with Crippen molar-refractivity contribution >= 4 is 65.4 Å². The largest absolute Gasteiger partial charge is 0.309 e. The SMILES string of the molecule is c1ccc(-c2cc(-c3nc(-c4cccnc4)nc(-c4cccnc4)n3)cc(-c3ccccc3)c2-n2c3ccccc3c3c2ccc2c4ccc5c(c6ccccc6n5-c5ccccc5)c4n(-c4ccccc4)c23)cc1. The molecule has 0 aliphatic carbocycles. The van der Waals surface area contributed by atoms with Crippen molar-refractivity contribution in [2.75, 3.05) is 0 Å². The summed E-state index contributed by atoms with van der Waals surface area (Å²) in [5.41, 5.74) is 16.7. The second kappa shape index (κ2) is 17.2. The molecule has 0 unspecified atom stereocenters. The van der Waals surface area contributed by atoms with Gasteiger partial charge in [-0.05, 0) is 96.1 Å². The van der Waals surface area contributed by atoms with E-state index in [2.05, 4.69) is 230 Å². The van der Waals surface area contributed by atoms with Gasteiger partial charge in [-0.3, -0.25) is 9.97 Å². The molecule has 15 aromatic rings. The van der Waals surface area contributed by atoms with Crippen LogP contribution in [0.25, 0.3) is 139 Å². The first kappa shape index (κ1) is 42.4. The normalized spacial score (nSPS) is 11.7. The fourth-order valence-corrected chi connectivity index (χ4v) is 11.5. The quantitative estimate of drug-likeness (QED) is 0.152. The van der Waals surface area contributed by atoms with Crippen molar-refractivity contribution in [3.63, 3.8) is 0 Å². The molecule has 6 aromatic heterocycles. The van der Waals surface area contributed by atoms with E-state index < -0.39 is 0 Å². The van der Waals surface area contributed by atoms with E-state index in [9.17, 15) is 0 Å². The number of nitrogens with zero attached hydrogens (tertiary/aromatic N) is 8. The molecule has 6 heterocycles. The summed E-state index contributed by atoms with van der Waals surface area (Å²) in [6, 6.07) is 82.3. The molecule has 0 radical (unpaired) electrons. The van der Waals surface area contributed by atoms with Gasteiger partial charge in [0.2, 0.25) is 0 Å². The van der Waals surface area contributed by atoms with Crippen LogP contribution in [0.3, 0.4) is 0 Å². The molecule has 8 nitrogen and oxygen atoms in total. The van der Waals surface area contributed by atoms with E-state index >= 15 is 0 Å². The van der Waals surface area contributed by atoms with Gasteiger partial charge >= 0.3 is 0 Å². The lowest BCUT2D eigenvalue weighted by Gasteiger charge is -2.21. The lowest BCUT2D eigenvalue weighted by atomic mass is 9.92. The predicted octanol–water partition coefficient (Wildman–Crippen LogP) is 16.3. The Bertz CT molecular complexity index is 4550. The van der Waals surface area contributed by atoms with E-state index in [1.54, 1.807) is 24.8 Å². The molecule has 8 heteroatoms. The Morgan fingerprint density at radius 1 is 0.280 bits per heavy atom. The molecule has 0 saturated carbocycles. The minimum Gasteiger partial charge on any atom is -0.309 e. The van der Waals surface area contributed by atoms with Crippen molar-refractivity contribution in [1.82, 2.24) is 38.6 Å². The second-order valence-electron chi connectivity index (χ2n) is 18.9. The summed E-state index contributed by atoms with van der Waals surface area (Å²) >= 11 is 0. The Labute approximate surface area is 430 Å². The molecule has 350 valence electrons. The van der Waals surface area contributed by atoms with Crippen LogP contribution < -0.4 is 0 Å². The van der Waals surface area contributed by atoms with Crippen molar-refractivity contribution in [1.29, 1.82) is 0 Å².